The summed E-state index contributed by atoms with van der Waals surface area (Å²) in [7, 11) is 0. The molecule has 4 nitrogen and oxygen atoms in total. The van der Waals surface area contributed by atoms with Gasteiger partial charge in [-0.25, -0.2) is 0 Å². The highest BCUT2D eigenvalue weighted by molar-refractivity contribution is 5.80. The minimum atomic E-state index is 0.186. The van der Waals surface area contributed by atoms with Gasteiger partial charge in [0.05, 0.1) is 12.2 Å². The Kier molecular flexibility index (Phi) is 2.89. The SMILES string of the molecule is O=C(NCCc1ccco1)C1CC2CCC1N2. The van der Waals surface area contributed by atoms with Gasteiger partial charge in [0.1, 0.15) is 5.76 Å². The number of hydrogen-bond donors (Lipinski definition) is 2. The summed E-state index contributed by atoms with van der Waals surface area (Å²) in [5.74, 6) is 1.32. The first-order valence-corrected chi connectivity index (χ1v) is 6.39. The molecule has 17 heavy (non-hydrogen) atoms. The highest BCUT2D eigenvalue weighted by atomic mass is 16.3. The molecule has 2 saturated heterocycles. The maximum absolute atomic E-state index is 12.0. The molecule has 2 N–H and O–H groups in total. The lowest BCUT2D eigenvalue weighted by Gasteiger charge is -2.19. The van der Waals surface area contributed by atoms with Gasteiger partial charge in [0.15, 0.2) is 0 Å². The molecule has 1 amide bonds. The van der Waals surface area contributed by atoms with Crippen LogP contribution in [-0.4, -0.2) is 24.5 Å². The lowest BCUT2D eigenvalue weighted by atomic mass is 9.88. The molecule has 3 rings (SSSR count). The fourth-order valence-corrected chi connectivity index (χ4v) is 3.01. The van der Waals surface area contributed by atoms with Crippen LogP contribution in [0.5, 0.6) is 0 Å². The number of furan rings is 1. The predicted octanol–water partition coefficient (Wildman–Crippen LogP) is 1.08. The molecule has 0 spiro atoms. The van der Waals surface area contributed by atoms with Crippen LogP contribution in [0, 0.1) is 5.92 Å². The second-order valence-electron chi connectivity index (χ2n) is 5.01. The summed E-state index contributed by atoms with van der Waals surface area (Å²) in [5, 5.41) is 6.49. The average molecular weight is 234 g/mol. The van der Waals surface area contributed by atoms with Crippen molar-refractivity contribution < 1.29 is 9.21 Å². The van der Waals surface area contributed by atoms with Crippen LogP contribution in [-0.2, 0) is 11.2 Å². The van der Waals surface area contributed by atoms with Crippen molar-refractivity contribution >= 4 is 5.91 Å². The Morgan fingerprint density at radius 2 is 2.47 bits per heavy atom. The van der Waals surface area contributed by atoms with E-state index in [0.717, 1.165) is 25.0 Å². The fourth-order valence-electron chi connectivity index (χ4n) is 3.01. The average Bonchev–Trinajstić information content (AvgIpc) is 3.05. The van der Waals surface area contributed by atoms with Crippen molar-refractivity contribution in [3.05, 3.63) is 24.2 Å². The van der Waals surface area contributed by atoms with E-state index in [0.29, 0.717) is 18.6 Å². The van der Waals surface area contributed by atoms with Gasteiger partial charge in [-0.2, -0.15) is 0 Å². The van der Waals surface area contributed by atoms with Crippen LogP contribution in [0.1, 0.15) is 25.0 Å². The maximum Gasteiger partial charge on any atom is 0.224 e. The zero-order valence-electron chi connectivity index (χ0n) is 9.82. The molecule has 3 heterocycles. The zero-order valence-corrected chi connectivity index (χ0v) is 9.82. The molecule has 1 aromatic heterocycles. The fraction of sp³-hybridized carbons (Fsp3) is 0.615. The molecule has 2 fully saturated rings. The Morgan fingerprint density at radius 3 is 3.12 bits per heavy atom. The van der Waals surface area contributed by atoms with Crippen LogP contribution in [0.3, 0.4) is 0 Å². The highest BCUT2D eigenvalue weighted by Crippen LogP contribution is 2.33. The van der Waals surface area contributed by atoms with Crippen LogP contribution in [0.2, 0.25) is 0 Å². The Hall–Kier alpha value is -1.29. The van der Waals surface area contributed by atoms with Crippen molar-refractivity contribution in [2.75, 3.05) is 6.54 Å². The minimum Gasteiger partial charge on any atom is -0.469 e. The van der Waals surface area contributed by atoms with Gasteiger partial charge in [-0.15, -0.1) is 0 Å². The molecular formula is C13H18N2O2. The highest BCUT2D eigenvalue weighted by Gasteiger charge is 2.42. The monoisotopic (exact) mass is 234 g/mol. The van der Waals surface area contributed by atoms with E-state index in [-0.39, 0.29) is 11.8 Å². The number of fused-ring (bicyclic) bond motifs is 2. The quantitative estimate of drug-likeness (QED) is 0.819. The van der Waals surface area contributed by atoms with Gasteiger partial charge < -0.3 is 15.1 Å². The van der Waals surface area contributed by atoms with E-state index in [1.165, 1.54) is 6.42 Å². The van der Waals surface area contributed by atoms with E-state index >= 15 is 0 Å². The molecule has 0 saturated carbocycles. The molecule has 92 valence electrons. The van der Waals surface area contributed by atoms with Crippen molar-refractivity contribution in [1.29, 1.82) is 0 Å². The molecule has 2 aliphatic heterocycles. The van der Waals surface area contributed by atoms with Gasteiger partial charge >= 0.3 is 0 Å². The zero-order chi connectivity index (χ0) is 11.7. The van der Waals surface area contributed by atoms with Crippen molar-refractivity contribution in [2.24, 2.45) is 5.92 Å². The number of nitrogens with one attached hydrogen (secondary N) is 2. The molecule has 0 aliphatic carbocycles. The van der Waals surface area contributed by atoms with E-state index in [2.05, 4.69) is 10.6 Å². The second-order valence-corrected chi connectivity index (χ2v) is 5.01. The summed E-state index contributed by atoms with van der Waals surface area (Å²) in [5.41, 5.74) is 0. The van der Waals surface area contributed by atoms with E-state index in [4.69, 9.17) is 4.42 Å². The van der Waals surface area contributed by atoms with Gasteiger partial charge in [-0.05, 0) is 31.4 Å². The van der Waals surface area contributed by atoms with Gasteiger partial charge in [0.25, 0.3) is 0 Å². The Morgan fingerprint density at radius 1 is 1.53 bits per heavy atom. The smallest absolute Gasteiger partial charge is 0.224 e. The molecule has 0 radical (unpaired) electrons. The predicted molar refractivity (Wildman–Crippen MR) is 63.5 cm³/mol. The molecule has 0 aromatic carbocycles. The van der Waals surface area contributed by atoms with E-state index in [1.807, 2.05) is 12.1 Å². The lowest BCUT2D eigenvalue weighted by Crippen LogP contribution is -2.38. The third-order valence-electron chi connectivity index (χ3n) is 3.89. The minimum absolute atomic E-state index is 0.186. The van der Waals surface area contributed by atoms with Crippen molar-refractivity contribution in [3.8, 4) is 0 Å². The number of amides is 1. The van der Waals surface area contributed by atoms with Gasteiger partial charge in [-0.1, -0.05) is 0 Å². The standard InChI is InChI=1S/C13H18N2O2/c16-13(11-8-9-3-4-12(11)15-9)14-6-5-10-2-1-7-17-10/h1-2,7,9,11-12,15H,3-6,8H2,(H,14,16). The van der Waals surface area contributed by atoms with Gasteiger partial charge in [0.2, 0.25) is 5.91 Å². The van der Waals surface area contributed by atoms with Crippen molar-refractivity contribution in [1.82, 2.24) is 10.6 Å². The molecule has 2 aliphatic rings. The van der Waals surface area contributed by atoms with Crippen LogP contribution in [0.15, 0.2) is 22.8 Å². The van der Waals surface area contributed by atoms with Crippen molar-refractivity contribution in [2.45, 2.75) is 37.8 Å². The van der Waals surface area contributed by atoms with E-state index < -0.39 is 0 Å². The first kappa shape index (κ1) is 10.8. The summed E-state index contributed by atoms with van der Waals surface area (Å²) in [6, 6.07) is 4.81. The van der Waals surface area contributed by atoms with Gasteiger partial charge in [-0.3, -0.25) is 4.79 Å². The first-order chi connectivity index (χ1) is 8.33. The Labute approximate surface area is 101 Å². The number of hydrogen-bond acceptors (Lipinski definition) is 3. The molecule has 2 bridgehead atoms. The molecular weight excluding hydrogens is 216 g/mol. The summed E-state index contributed by atoms with van der Waals surface area (Å²) in [4.78, 5) is 12.0. The normalized spacial score (nSPS) is 30.7. The Balaban J connectivity index is 1.45. The number of carbonyl (C=O) groups is 1. The molecule has 1 aromatic rings. The van der Waals surface area contributed by atoms with Crippen molar-refractivity contribution in [3.63, 3.8) is 0 Å². The lowest BCUT2D eigenvalue weighted by molar-refractivity contribution is -0.125. The summed E-state index contributed by atoms with van der Waals surface area (Å²) < 4.78 is 5.23. The number of carbonyl (C=O) groups excluding carboxylic acids is 1. The Bertz CT molecular complexity index is 388. The molecule has 3 atom stereocenters. The maximum atomic E-state index is 12.0. The van der Waals surface area contributed by atoms with Crippen LogP contribution in [0.4, 0.5) is 0 Å². The van der Waals surface area contributed by atoms with E-state index in [9.17, 15) is 4.79 Å². The topological polar surface area (TPSA) is 54.3 Å². The second kappa shape index (κ2) is 4.53. The van der Waals surface area contributed by atoms with Gasteiger partial charge in [0, 0.05) is 25.0 Å². The summed E-state index contributed by atoms with van der Waals surface area (Å²) in [6.45, 7) is 0.667. The van der Waals surface area contributed by atoms with Crippen LogP contribution >= 0.6 is 0 Å². The largest absolute Gasteiger partial charge is 0.469 e. The summed E-state index contributed by atoms with van der Waals surface area (Å²) >= 11 is 0. The number of rotatable bonds is 4. The molecule has 3 unspecified atom stereocenters. The third-order valence-corrected chi connectivity index (χ3v) is 3.89. The van der Waals surface area contributed by atoms with Crippen LogP contribution in [0.25, 0.3) is 0 Å². The molecule has 4 heteroatoms. The van der Waals surface area contributed by atoms with E-state index in [1.54, 1.807) is 6.26 Å². The van der Waals surface area contributed by atoms with Crippen LogP contribution < -0.4 is 10.6 Å². The first-order valence-electron chi connectivity index (χ1n) is 6.39. The summed E-state index contributed by atoms with van der Waals surface area (Å²) in [6.07, 6.45) is 5.84. The third kappa shape index (κ3) is 2.22.